The lowest BCUT2D eigenvalue weighted by atomic mass is 10.0. The average molecular weight is 676 g/mol. The highest BCUT2D eigenvalue weighted by Crippen LogP contribution is 2.28. The van der Waals surface area contributed by atoms with Crippen molar-refractivity contribution in [2.45, 2.75) is 51.6 Å². The van der Waals surface area contributed by atoms with Gasteiger partial charge in [0.15, 0.2) is 0 Å². The summed E-state index contributed by atoms with van der Waals surface area (Å²) >= 11 is 6.08. The molecule has 0 heterocycles. The molecule has 0 aliphatic rings. The second-order valence-electron chi connectivity index (χ2n) is 11.7. The van der Waals surface area contributed by atoms with Gasteiger partial charge in [-0.05, 0) is 85.0 Å². The first-order valence-corrected chi connectivity index (χ1v) is 17.5. The normalized spacial score (nSPS) is 12.0. The smallest absolute Gasteiger partial charge is 0.264 e. The van der Waals surface area contributed by atoms with Crippen LogP contribution in [0.15, 0.2) is 108 Å². The first kappa shape index (κ1) is 35.5. The molecule has 0 bridgehead atoms. The van der Waals surface area contributed by atoms with Crippen LogP contribution in [0.1, 0.15) is 37.5 Å². The van der Waals surface area contributed by atoms with Gasteiger partial charge in [-0.2, -0.15) is 0 Å². The van der Waals surface area contributed by atoms with Crippen LogP contribution in [0.3, 0.4) is 0 Å². The summed E-state index contributed by atoms with van der Waals surface area (Å²) in [6.07, 6.45) is 0.245. The van der Waals surface area contributed by atoms with Crippen LogP contribution in [-0.2, 0) is 32.6 Å². The first-order chi connectivity index (χ1) is 22.5. The molecule has 0 aromatic heterocycles. The number of hydrogen-bond donors (Lipinski definition) is 1. The molecule has 0 radical (unpaired) electrons. The van der Waals surface area contributed by atoms with Crippen LogP contribution in [0.25, 0.3) is 0 Å². The van der Waals surface area contributed by atoms with Crippen LogP contribution in [0, 0.1) is 12.8 Å². The van der Waals surface area contributed by atoms with E-state index in [1.165, 1.54) is 29.2 Å². The van der Waals surface area contributed by atoms with Gasteiger partial charge in [-0.1, -0.05) is 80.0 Å². The number of rotatable bonds is 15. The fourth-order valence-corrected chi connectivity index (χ4v) is 6.63. The number of ether oxygens (including phenoxy) is 1. The summed E-state index contributed by atoms with van der Waals surface area (Å²) in [4.78, 5) is 30.0. The minimum atomic E-state index is -4.25. The number of carbonyl (C=O) groups excluding carboxylic acids is 2. The number of anilines is 1. The third kappa shape index (κ3) is 9.59. The molecule has 10 heteroatoms. The van der Waals surface area contributed by atoms with Crippen LogP contribution in [0.4, 0.5) is 5.69 Å². The van der Waals surface area contributed by atoms with Gasteiger partial charge in [0.05, 0.1) is 17.2 Å². The van der Waals surface area contributed by atoms with Crippen LogP contribution < -0.4 is 14.4 Å². The van der Waals surface area contributed by atoms with E-state index in [0.717, 1.165) is 21.0 Å². The summed E-state index contributed by atoms with van der Waals surface area (Å²) in [5.41, 5.74) is 2.95. The second-order valence-corrected chi connectivity index (χ2v) is 14.0. The molecule has 0 saturated heterocycles. The Bertz CT molecular complexity index is 1730. The van der Waals surface area contributed by atoms with E-state index >= 15 is 0 Å². The van der Waals surface area contributed by atoms with E-state index in [2.05, 4.69) is 5.32 Å². The Kier molecular flexibility index (Phi) is 12.4. The van der Waals surface area contributed by atoms with Gasteiger partial charge in [0, 0.05) is 24.5 Å². The lowest BCUT2D eigenvalue weighted by Crippen LogP contribution is -2.53. The maximum Gasteiger partial charge on any atom is 0.264 e. The molecule has 1 N–H and O–H groups in total. The number of hydrogen-bond acceptors (Lipinski definition) is 5. The number of nitrogens with zero attached hydrogens (tertiary/aromatic N) is 2. The lowest BCUT2D eigenvalue weighted by molar-refractivity contribution is -0.140. The maximum atomic E-state index is 14.6. The van der Waals surface area contributed by atoms with E-state index in [0.29, 0.717) is 23.9 Å². The van der Waals surface area contributed by atoms with Crippen LogP contribution in [0.5, 0.6) is 5.75 Å². The Balaban J connectivity index is 1.80. The lowest BCUT2D eigenvalue weighted by Gasteiger charge is -2.34. The highest BCUT2D eigenvalue weighted by atomic mass is 35.5. The number of amides is 2. The van der Waals surface area contributed by atoms with E-state index < -0.39 is 28.5 Å². The molecule has 0 aliphatic carbocycles. The summed E-state index contributed by atoms with van der Waals surface area (Å²) in [5, 5.41) is 3.39. The van der Waals surface area contributed by atoms with Gasteiger partial charge in [-0.25, -0.2) is 8.42 Å². The Morgan fingerprint density at radius 2 is 1.51 bits per heavy atom. The molecule has 4 aromatic rings. The summed E-state index contributed by atoms with van der Waals surface area (Å²) in [7, 11) is -4.25. The van der Waals surface area contributed by atoms with E-state index in [4.69, 9.17) is 16.3 Å². The monoisotopic (exact) mass is 675 g/mol. The Hall–Kier alpha value is -4.34. The molecule has 4 aromatic carbocycles. The van der Waals surface area contributed by atoms with Gasteiger partial charge in [0.25, 0.3) is 10.0 Å². The van der Waals surface area contributed by atoms with E-state index in [1.54, 1.807) is 24.3 Å². The molecule has 8 nitrogen and oxygen atoms in total. The van der Waals surface area contributed by atoms with Crippen molar-refractivity contribution in [2.24, 2.45) is 5.92 Å². The Labute approximate surface area is 283 Å². The molecule has 4 rings (SSSR count). The van der Waals surface area contributed by atoms with Crippen molar-refractivity contribution < 1.29 is 22.7 Å². The Morgan fingerprint density at radius 3 is 2.13 bits per heavy atom. The van der Waals surface area contributed by atoms with Gasteiger partial charge in [-0.3, -0.25) is 13.9 Å². The molecule has 0 unspecified atom stereocenters. The van der Waals surface area contributed by atoms with Gasteiger partial charge >= 0.3 is 0 Å². The molecule has 0 aliphatic heterocycles. The molecular formula is C37H42ClN3O5S. The molecule has 0 spiro atoms. The van der Waals surface area contributed by atoms with E-state index in [1.807, 2.05) is 82.3 Å². The third-order valence-corrected chi connectivity index (χ3v) is 9.71. The summed E-state index contributed by atoms with van der Waals surface area (Å²) in [6, 6.07) is 28.6. The van der Waals surface area contributed by atoms with Crippen LogP contribution in [-0.4, -0.2) is 50.9 Å². The van der Waals surface area contributed by atoms with Gasteiger partial charge < -0.3 is 15.0 Å². The largest absolute Gasteiger partial charge is 0.494 e. The highest BCUT2D eigenvalue weighted by molar-refractivity contribution is 7.92. The predicted octanol–water partition coefficient (Wildman–Crippen LogP) is 6.65. The van der Waals surface area contributed by atoms with Gasteiger partial charge in [-0.15, -0.1) is 0 Å². The van der Waals surface area contributed by atoms with Crippen LogP contribution >= 0.6 is 11.6 Å². The topological polar surface area (TPSA) is 96.0 Å². The number of halogens is 1. The summed E-state index contributed by atoms with van der Waals surface area (Å²) in [5.74, 6) is -0.0770. The molecular weight excluding hydrogens is 634 g/mol. The van der Waals surface area contributed by atoms with Gasteiger partial charge in [0.2, 0.25) is 11.8 Å². The minimum absolute atomic E-state index is 0.0236. The number of nitrogens with one attached hydrogen (secondary N) is 1. The molecule has 2 amide bonds. The SMILES string of the molecule is CCOc1ccc(N(CC(=O)N(Cc2ccccc2C)[C@@H](Cc2ccccc2)C(=O)NCC(C)C)S(=O)(=O)c2ccc(Cl)cc2)cc1. The molecule has 0 fully saturated rings. The van der Waals surface area contributed by atoms with Crippen molar-refractivity contribution in [3.8, 4) is 5.75 Å². The molecule has 0 saturated carbocycles. The van der Waals surface area contributed by atoms with Crippen molar-refractivity contribution in [2.75, 3.05) is 24.0 Å². The highest BCUT2D eigenvalue weighted by Gasteiger charge is 2.35. The molecule has 47 heavy (non-hydrogen) atoms. The number of carbonyl (C=O) groups is 2. The van der Waals surface area contributed by atoms with E-state index in [9.17, 15) is 18.0 Å². The predicted molar refractivity (Wildman–Crippen MR) is 187 cm³/mol. The van der Waals surface area contributed by atoms with Crippen molar-refractivity contribution in [3.05, 3.63) is 125 Å². The average Bonchev–Trinajstić information content (AvgIpc) is 3.06. The summed E-state index contributed by atoms with van der Waals surface area (Å²) in [6.45, 7) is 8.23. The van der Waals surface area contributed by atoms with Crippen molar-refractivity contribution in [1.29, 1.82) is 0 Å². The van der Waals surface area contributed by atoms with Crippen molar-refractivity contribution in [3.63, 3.8) is 0 Å². The molecule has 248 valence electrons. The maximum absolute atomic E-state index is 14.6. The van der Waals surface area contributed by atoms with Crippen LogP contribution in [0.2, 0.25) is 5.02 Å². The number of aryl methyl sites for hydroxylation is 1. The zero-order chi connectivity index (χ0) is 34.0. The molecule has 1 atom stereocenters. The minimum Gasteiger partial charge on any atom is -0.494 e. The fraction of sp³-hybridized carbons (Fsp3) is 0.297. The third-order valence-electron chi connectivity index (χ3n) is 7.67. The van der Waals surface area contributed by atoms with E-state index in [-0.39, 0.29) is 35.4 Å². The Morgan fingerprint density at radius 1 is 0.872 bits per heavy atom. The number of sulfonamides is 1. The van der Waals surface area contributed by atoms with Crippen molar-refractivity contribution in [1.82, 2.24) is 10.2 Å². The number of benzene rings is 4. The quantitative estimate of drug-likeness (QED) is 0.152. The summed E-state index contributed by atoms with van der Waals surface area (Å²) < 4.78 is 35.0. The second kappa shape index (κ2) is 16.5. The van der Waals surface area contributed by atoms with Crippen molar-refractivity contribution >= 4 is 39.1 Å². The van der Waals surface area contributed by atoms with Gasteiger partial charge in [0.1, 0.15) is 18.3 Å². The zero-order valence-electron chi connectivity index (χ0n) is 27.2. The first-order valence-electron chi connectivity index (χ1n) is 15.7. The zero-order valence-corrected chi connectivity index (χ0v) is 28.8. The fourth-order valence-electron chi connectivity index (χ4n) is 5.09. The standard InChI is InChI=1S/C37H42ClN3O5S/c1-5-46-33-19-17-32(18-20-33)41(47(44,45)34-21-15-31(38)16-22-34)26-36(42)40(25-30-14-10-9-11-28(30)4)35(37(43)39-24-27(2)3)23-29-12-7-6-8-13-29/h6-22,27,35H,5,23-26H2,1-4H3,(H,39,43)/t35-/m0/s1.